The van der Waals surface area contributed by atoms with Crippen molar-refractivity contribution in [1.82, 2.24) is 5.43 Å². The quantitative estimate of drug-likeness (QED) is 0.525. The van der Waals surface area contributed by atoms with Crippen LogP contribution >= 0.6 is 0 Å². The molecule has 0 aromatic heterocycles. The third kappa shape index (κ3) is 3.67. The van der Waals surface area contributed by atoms with Crippen LogP contribution in [0, 0.1) is 5.92 Å². The fourth-order valence-corrected chi connectivity index (χ4v) is 3.81. The maximum absolute atomic E-state index is 12.8. The molecular formula is C24H19N2O3-. The normalized spacial score (nSPS) is 17.0. The van der Waals surface area contributed by atoms with E-state index < -0.39 is 5.97 Å². The summed E-state index contributed by atoms with van der Waals surface area (Å²) in [5.41, 5.74) is 5.31. The molecule has 0 heterocycles. The number of hydrazone groups is 1. The van der Waals surface area contributed by atoms with Crippen molar-refractivity contribution in [3.8, 4) is 0 Å². The highest BCUT2D eigenvalue weighted by Gasteiger charge is 2.60. The molecule has 144 valence electrons. The molecule has 0 saturated heterocycles. The van der Waals surface area contributed by atoms with E-state index in [-0.39, 0.29) is 22.8 Å². The van der Waals surface area contributed by atoms with Gasteiger partial charge in [-0.05, 0) is 28.7 Å². The molecule has 0 bridgehead atoms. The van der Waals surface area contributed by atoms with Crippen molar-refractivity contribution in [3.63, 3.8) is 0 Å². The van der Waals surface area contributed by atoms with Crippen LogP contribution in [0.2, 0.25) is 0 Å². The van der Waals surface area contributed by atoms with E-state index in [9.17, 15) is 14.7 Å². The van der Waals surface area contributed by atoms with Crippen LogP contribution < -0.4 is 10.5 Å². The smallest absolute Gasteiger partial charge is 0.244 e. The fourth-order valence-electron chi connectivity index (χ4n) is 3.81. The summed E-state index contributed by atoms with van der Waals surface area (Å²) >= 11 is 0. The van der Waals surface area contributed by atoms with Gasteiger partial charge in [-0.15, -0.1) is 0 Å². The summed E-state index contributed by atoms with van der Waals surface area (Å²) < 4.78 is 0. The Labute approximate surface area is 168 Å². The fraction of sp³-hybridized carbons (Fsp3) is 0.125. The van der Waals surface area contributed by atoms with E-state index in [2.05, 4.69) is 34.8 Å². The predicted molar refractivity (Wildman–Crippen MR) is 108 cm³/mol. The summed E-state index contributed by atoms with van der Waals surface area (Å²) in [6, 6.07) is 26.2. The van der Waals surface area contributed by atoms with Gasteiger partial charge in [-0.2, -0.15) is 5.10 Å². The molecule has 1 atom stereocenters. The molecule has 1 N–H and O–H groups in total. The topological polar surface area (TPSA) is 81.6 Å². The largest absolute Gasteiger partial charge is 0.545 e. The molecule has 1 fully saturated rings. The number of aromatic carboxylic acids is 1. The molecule has 29 heavy (non-hydrogen) atoms. The lowest BCUT2D eigenvalue weighted by Gasteiger charge is -2.18. The second-order valence-electron chi connectivity index (χ2n) is 7.10. The van der Waals surface area contributed by atoms with E-state index in [1.54, 1.807) is 12.1 Å². The van der Waals surface area contributed by atoms with Gasteiger partial charge in [0.2, 0.25) is 5.91 Å². The molecule has 4 rings (SSSR count). The van der Waals surface area contributed by atoms with Crippen molar-refractivity contribution in [3.05, 3.63) is 107 Å². The van der Waals surface area contributed by atoms with Crippen LogP contribution in [-0.2, 0) is 10.2 Å². The van der Waals surface area contributed by atoms with Crippen LogP contribution in [0.3, 0.4) is 0 Å². The molecule has 1 aliphatic rings. The number of carbonyl (C=O) groups is 2. The van der Waals surface area contributed by atoms with E-state index in [1.807, 2.05) is 36.4 Å². The molecule has 1 aliphatic carbocycles. The molecule has 3 aromatic carbocycles. The van der Waals surface area contributed by atoms with Crippen LogP contribution in [0.5, 0.6) is 0 Å². The molecule has 0 radical (unpaired) electrons. The lowest BCUT2D eigenvalue weighted by Crippen LogP contribution is -2.25. The lowest BCUT2D eigenvalue weighted by atomic mass is 9.85. The Balaban J connectivity index is 1.49. The van der Waals surface area contributed by atoms with Gasteiger partial charge in [-0.3, -0.25) is 4.79 Å². The molecule has 5 nitrogen and oxygen atoms in total. The van der Waals surface area contributed by atoms with E-state index in [0.717, 1.165) is 17.5 Å². The Morgan fingerprint density at radius 2 is 1.45 bits per heavy atom. The summed E-state index contributed by atoms with van der Waals surface area (Å²) in [7, 11) is 0. The summed E-state index contributed by atoms with van der Waals surface area (Å²) in [5.74, 6) is -1.57. The number of amides is 1. The average Bonchev–Trinajstić information content (AvgIpc) is 3.52. The zero-order valence-corrected chi connectivity index (χ0v) is 15.6. The minimum atomic E-state index is -1.23. The number of carboxylic acids is 1. The molecule has 1 unspecified atom stereocenters. The Hall–Kier alpha value is -3.73. The average molecular weight is 383 g/mol. The maximum Gasteiger partial charge on any atom is 0.244 e. The standard InChI is InChI=1S/C24H20N2O3/c27-22(26-25-16-17-11-13-18(14-12-17)23(28)29)21-15-24(21,19-7-3-1-4-8-19)20-9-5-2-6-10-20/h1-14,16,21H,15H2,(H,26,27)(H,28,29)/p-1. The van der Waals surface area contributed by atoms with E-state index in [0.29, 0.717) is 5.56 Å². The first-order valence-corrected chi connectivity index (χ1v) is 9.36. The van der Waals surface area contributed by atoms with Gasteiger partial charge in [0.15, 0.2) is 0 Å². The van der Waals surface area contributed by atoms with Crippen LogP contribution in [0.4, 0.5) is 0 Å². The van der Waals surface area contributed by atoms with E-state index in [4.69, 9.17) is 0 Å². The van der Waals surface area contributed by atoms with E-state index in [1.165, 1.54) is 18.3 Å². The molecule has 0 spiro atoms. The molecule has 5 heteroatoms. The van der Waals surface area contributed by atoms with Gasteiger partial charge in [0.05, 0.1) is 18.1 Å². The van der Waals surface area contributed by atoms with Gasteiger partial charge in [-0.1, -0.05) is 84.9 Å². The first kappa shape index (κ1) is 18.6. The van der Waals surface area contributed by atoms with Crippen molar-refractivity contribution >= 4 is 18.1 Å². The number of rotatable bonds is 6. The molecule has 0 aliphatic heterocycles. The van der Waals surface area contributed by atoms with Gasteiger partial charge >= 0.3 is 0 Å². The molecule has 3 aromatic rings. The van der Waals surface area contributed by atoms with Gasteiger partial charge in [-0.25, -0.2) is 5.43 Å². The first-order valence-electron chi connectivity index (χ1n) is 9.36. The highest BCUT2D eigenvalue weighted by Crippen LogP contribution is 2.58. The Morgan fingerprint density at radius 3 is 1.97 bits per heavy atom. The van der Waals surface area contributed by atoms with Crippen molar-refractivity contribution in [2.24, 2.45) is 11.0 Å². The molecule has 1 saturated carbocycles. The van der Waals surface area contributed by atoms with Crippen LogP contribution in [0.25, 0.3) is 0 Å². The number of nitrogens with zero attached hydrogens (tertiary/aromatic N) is 1. The Morgan fingerprint density at radius 1 is 0.897 bits per heavy atom. The minimum Gasteiger partial charge on any atom is -0.545 e. The number of carbonyl (C=O) groups excluding carboxylic acids is 2. The highest BCUT2D eigenvalue weighted by atomic mass is 16.4. The van der Waals surface area contributed by atoms with Crippen molar-refractivity contribution in [2.45, 2.75) is 11.8 Å². The monoisotopic (exact) mass is 383 g/mol. The van der Waals surface area contributed by atoms with E-state index >= 15 is 0 Å². The number of hydrogen-bond donors (Lipinski definition) is 1. The summed E-state index contributed by atoms with van der Waals surface area (Å²) in [6.45, 7) is 0. The van der Waals surface area contributed by atoms with Crippen LogP contribution in [-0.4, -0.2) is 18.1 Å². The molecule has 1 amide bonds. The summed E-state index contributed by atoms with van der Waals surface area (Å²) in [5, 5.41) is 14.8. The van der Waals surface area contributed by atoms with Crippen molar-refractivity contribution in [1.29, 1.82) is 0 Å². The van der Waals surface area contributed by atoms with Crippen LogP contribution in [0.1, 0.15) is 33.5 Å². The predicted octanol–water partition coefficient (Wildman–Crippen LogP) is 2.51. The van der Waals surface area contributed by atoms with Crippen molar-refractivity contribution < 1.29 is 14.7 Å². The summed E-state index contributed by atoms with van der Waals surface area (Å²) in [4.78, 5) is 23.6. The first-order chi connectivity index (χ1) is 14.1. The minimum absolute atomic E-state index is 0.0969. The van der Waals surface area contributed by atoms with Gasteiger partial charge in [0.25, 0.3) is 0 Å². The Bertz CT molecular complexity index is 1010. The number of benzene rings is 3. The number of carboxylic acid groups (broad SMARTS) is 1. The van der Waals surface area contributed by atoms with Gasteiger partial charge < -0.3 is 9.90 Å². The molecular weight excluding hydrogens is 364 g/mol. The van der Waals surface area contributed by atoms with Gasteiger partial charge in [0.1, 0.15) is 0 Å². The maximum atomic E-state index is 12.8. The Kier molecular flexibility index (Phi) is 4.96. The second-order valence-corrected chi connectivity index (χ2v) is 7.10. The zero-order chi connectivity index (χ0) is 20.3. The third-order valence-corrected chi connectivity index (χ3v) is 5.39. The van der Waals surface area contributed by atoms with Gasteiger partial charge in [0, 0.05) is 5.41 Å². The zero-order valence-electron chi connectivity index (χ0n) is 15.6. The summed E-state index contributed by atoms with van der Waals surface area (Å²) in [6.07, 6.45) is 2.22. The SMILES string of the molecule is O=C([O-])c1ccc(C=NNC(=O)C2CC2(c2ccccc2)c2ccccc2)cc1. The highest BCUT2D eigenvalue weighted by molar-refractivity contribution is 5.89. The van der Waals surface area contributed by atoms with Crippen molar-refractivity contribution in [2.75, 3.05) is 0 Å². The lowest BCUT2D eigenvalue weighted by molar-refractivity contribution is -0.255. The third-order valence-electron chi connectivity index (χ3n) is 5.39. The number of nitrogens with one attached hydrogen (secondary N) is 1. The number of hydrogen-bond acceptors (Lipinski definition) is 4. The van der Waals surface area contributed by atoms with Crippen LogP contribution in [0.15, 0.2) is 90.0 Å². The second kappa shape index (κ2) is 7.72.